The number of amides is 6. The van der Waals surface area contributed by atoms with E-state index >= 15 is 0 Å². The summed E-state index contributed by atoms with van der Waals surface area (Å²) in [5.41, 5.74) is 12.7. The average Bonchev–Trinajstić information content (AvgIpc) is 1.35. The van der Waals surface area contributed by atoms with Gasteiger partial charge in [0.1, 0.15) is 16.6 Å². The summed E-state index contributed by atoms with van der Waals surface area (Å²) in [4.78, 5) is 93.6. The average molecular weight is 1330 g/mol. The zero-order valence-corrected chi connectivity index (χ0v) is 54.8. The number of H-pyrrole nitrogens is 3. The van der Waals surface area contributed by atoms with Crippen LogP contribution in [0.2, 0.25) is 0 Å². The Kier molecular flexibility index (Phi) is 21.2. The molecule has 2 aliphatic rings. The van der Waals surface area contributed by atoms with E-state index in [-0.39, 0.29) is 29.2 Å². The molecule has 0 radical (unpaired) electrons. The highest BCUT2D eigenvalue weighted by Crippen LogP contribution is 2.33. The number of ether oxygens (including phenoxy) is 2. The number of aromatic nitrogens is 15. The maximum atomic E-state index is 12.9. The Morgan fingerprint density at radius 1 is 0.459 bits per heavy atom. The number of hydrogen-bond donors (Lipinski definition) is 9. The number of pyridine rings is 3. The summed E-state index contributed by atoms with van der Waals surface area (Å²) < 4.78 is 19.4. The minimum absolute atomic E-state index is 0.0433. The molecule has 30 nitrogen and oxygen atoms in total. The van der Waals surface area contributed by atoms with Crippen molar-refractivity contribution >= 4 is 69.0 Å². The van der Waals surface area contributed by atoms with Gasteiger partial charge in [0.25, 0.3) is 11.1 Å². The Bertz CT molecular complexity index is 4790. The van der Waals surface area contributed by atoms with Crippen LogP contribution in [0.1, 0.15) is 39.8 Å². The lowest BCUT2D eigenvalue weighted by atomic mass is 10.1. The molecule has 0 unspecified atom stereocenters. The van der Waals surface area contributed by atoms with Crippen molar-refractivity contribution in [2.24, 2.45) is 0 Å². The summed E-state index contributed by atoms with van der Waals surface area (Å²) in [5.74, 6) is 1.04. The predicted molar refractivity (Wildman–Crippen MR) is 374 cm³/mol. The van der Waals surface area contributed by atoms with Crippen LogP contribution < -0.4 is 43.0 Å². The van der Waals surface area contributed by atoms with Gasteiger partial charge in [0.2, 0.25) is 17.8 Å². The number of anilines is 3. The summed E-state index contributed by atoms with van der Waals surface area (Å²) in [6.07, 6.45) is 17.1. The van der Waals surface area contributed by atoms with Gasteiger partial charge in [-0.05, 0) is 128 Å². The minimum atomic E-state index is -0.340. The van der Waals surface area contributed by atoms with E-state index in [1.165, 1.54) is 0 Å². The summed E-state index contributed by atoms with van der Waals surface area (Å²) >= 11 is 0. The van der Waals surface area contributed by atoms with Crippen molar-refractivity contribution < 1.29 is 23.9 Å². The second-order valence-corrected chi connectivity index (χ2v) is 23.0. The van der Waals surface area contributed by atoms with Crippen LogP contribution in [0.25, 0.3) is 83.5 Å². The molecule has 3 aromatic carbocycles. The lowest BCUT2D eigenvalue weighted by Gasteiger charge is -2.26. The summed E-state index contributed by atoms with van der Waals surface area (Å²) in [6, 6.07) is 27.6. The second-order valence-electron chi connectivity index (χ2n) is 23.0. The van der Waals surface area contributed by atoms with E-state index in [0.717, 1.165) is 145 Å². The number of carbonyl (C=O) groups excluding carboxylic acids is 3. The first-order valence-electron chi connectivity index (χ1n) is 32.6. The highest BCUT2D eigenvalue weighted by Gasteiger charge is 2.20. The molecule has 6 amide bonds. The Morgan fingerprint density at radius 3 is 1.23 bits per heavy atom. The van der Waals surface area contributed by atoms with E-state index in [1.807, 2.05) is 132 Å². The molecule has 30 heteroatoms. The maximum Gasteiger partial charge on any atom is 0.321 e. The monoisotopic (exact) mass is 1330 g/mol. The Labute approximate surface area is 561 Å². The predicted octanol–water partition coefficient (Wildman–Crippen LogP) is 7.96. The molecule has 98 heavy (non-hydrogen) atoms. The number of hydrogen-bond acceptors (Lipinski definition) is 16. The van der Waals surface area contributed by atoms with Crippen molar-refractivity contribution in [2.75, 3.05) is 94.7 Å². The molecule has 0 bridgehead atoms. The molecular formula is C68H77N23O7. The lowest BCUT2D eigenvalue weighted by molar-refractivity contribution is 0.0336. The molecule has 14 rings (SSSR count). The van der Waals surface area contributed by atoms with Gasteiger partial charge in [-0.1, -0.05) is 13.0 Å². The number of benzene rings is 3. The number of aromatic amines is 3. The van der Waals surface area contributed by atoms with Crippen LogP contribution in [0.4, 0.5) is 32.2 Å². The molecule has 2 aliphatic heterocycles. The van der Waals surface area contributed by atoms with Gasteiger partial charge in [-0.15, -0.1) is 0 Å². The topological polar surface area (TPSA) is 345 Å². The summed E-state index contributed by atoms with van der Waals surface area (Å²) in [7, 11) is 0. The zero-order valence-electron chi connectivity index (χ0n) is 54.8. The molecule has 0 spiro atoms. The van der Waals surface area contributed by atoms with E-state index in [1.54, 1.807) is 53.9 Å². The first-order chi connectivity index (χ1) is 47.9. The number of aryl methyl sites for hydroxylation is 1. The van der Waals surface area contributed by atoms with Crippen LogP contribution in [-0.2, 0) is 29.1 Å². The molecule has 0 saturated carbocycles. The van der Waals surface area contributed by atoms with E-state index in [4.69, 9.17) is 14.5 Å². The largest absolute Gasteiger partial charge is 0.379 e. The first-order valence-corrected chi connectivity index (χ1v) is 32.6. The number of nitrogens with zero attached hydrogens (tertiary/aromatic N) is 14. The van der Waals surface area contributed by atoms with Crippen LogP contribution in [0, 0.1) is 0 Å². The quantitative estimate of drug-likeness (QED) is 0.0370. The van der Waals surface area contributed by atoms with Crippen molar-refractivity contribution in [1.29, 1.82) is 0 Å². The number of morpholine rings is 2. The van der Waals surface area contributed by atoms with Gasteiger partial charge in [0.05, 0.1) is 65.7 Å². The van der Waals surface area contributed by atoms with Crippen molar-refractivity contribution in [3.05, 3.63) is 173 Å². The normalized spacial score (nSPS) is 13.3. The van der Waals surface area contributed by atoms with Crippen LogP contribution in [0.3, 0.4) is 0 Å². The van der Waals surface area contributed by atoms with Crippen LogP contribution in [0.15, 0.2) is 156 Å². The van der Waals surface area contributed by atoms with Gasteiger partial charge in [0.15, 0.2) is 0 Å². The van der Waals surface area contributed by atoms with E-state index in [9.17, 15) is 24.0 Å². The molecule has 2 fully saturated rings. The van der Waals surface area contributed by atoms with Gasteiger partial charge in [-0.3, -0.25) is 40.3 Å². The van der Waals surface area contributed by atoms with Gasteiger partial charge in [0, 0.05) is 145 Å². The molecule has 12 aromatic rings. The van der Waals surface area contributed by atoms with Crippen LogP contribution in [-0.4, -0.2) is 180 Å². The fraction of sp³-hybridized carbons (Fsp3) is 0.294. The van der Waals surface area contributed by atoms with E-state index < -0.39 is 0 Å². The Balaban J connectivity index is 0.000000140. The third-order valence-corrected chi connectivity index (χ3v) is 16.2. The summed E-state index contributed by atoms with van der Waals surface area (Å²) in [5, 5.41) is 29.3. The molecular weight excluding hydrogens is 1250 g/mol. The van der Waals surface area contributed by atoms with Gasteiger partial charge in [-0.25, -0.2) is 43.4 Å². The highest BCUT2D eigenvalue weighted by atomic mass is 16.5. The van der Waals surface area contributed by atoms with Gasteiger partial charge >= 0.3 is 18.1 Å². The molecule has 9 aromatic heterocycles. The lowest BCUT2D eigenvalue weighted by Crippen LogP contribution is -2.39. The molecule has 9 N–H and O–H groups in total. The van der Waals surface area contributed by atoms with Crippen molar-refractivity contribution in [3.63, 3.8) is 0 Å². The molecule has 0 atom stereocenters. The summed E-state index contributed by atoms with van der Waals surface area (Å²) in [6.45, 7) is 18.8. The maximum absolute atomic E-state index is 12.9. The third kappa shape index (κ3) is 16.2. The van der Waals surface area contributed by atoms with E-state index in [0.29, 0.717) is 67.1 Å². The fourth-order valence-corrected chi connectivity index (χ4v) is 11.4. The minimum Gasteiger partial charge on any atom is -0.379 e. The molecule has 11 heterocycles. The molecule has 506 valence electrons. The number of rotatable bonds is 19. The fourth-order valence-electron chi connectivity index (χ4n) is 11.4. The standard InChI is InChI=1S/C24H28N8O3.C23H26N8O2.C21H23N7O2/c1-2-25-24(34)29-23-27-19-14-18(15-20(22(19)28-23)32-6-3-5-26-32)17-4-7-31(21(33)16-17)9-8-30-10-12-35-13-11-30;1-2-24-23(32)29-22-27-19-12-17(13-20(21(19)28-22)31-7-3-6-26-31)16-4-5-18(25-14-16)15-30-8-10-33-11-9-30;1-3-8-27-10-6-14(13-18(27)29)15-11-16-19(17(12-15)28-9-5-7-23-28)25-20(24-16)26-21(30)22-4-2/h3-7,14-16H,2,8-13H2,1H3,(H3,25,27,28,29,34);3-7,12-14H,2,8-11,15H2,1H3,(H3,24,27,28,29,32);5-7,9-13H,3-4,8H2,1-2H3,(H3,22,24,25,26,30). The number of carbonyl (C=O) groups is 3. The van der Waals surface area contributed by atoms with Crippen LogP contribution >= 0.6 is 0 Å². The van der Waals surface area contributed by atoms with Gasteiger partial charge in [-0.2, -0.15) is 15.3 Å². The highest BCUT2D eigenvalue weighted by molar-refractivity contribution is 5.97. The number of urea groups is 3. The Hall–Kier alpha value is -11.6. The van der Waals surface area contributed by atoms with Crippen molar-refractivity contribution in [1.82, 2.24) is 99.1 Å². The Morgan fingerprint density at radius 2 is 0.867 bits per heavy atom. The molecule has 0 aliphatic carbocycles. The van der Waals surface area contributed by atoms with Gasteiger partial charge < -0.3 is 49.5 Å². The SMILES string of the molecule is CCCn1ccc(-c2cc(-n3cccn3)c3nc(NC(=O)NCC)[nH]c3c2)cc1=O.CCNC(=O)Nc1nc2c(-n3cccn3)cc(-c3ccc(CN4CCOCC4)nc3)cc2[nH]1.CCNC(=O)Nc1nc2c(-n3cccn3)cc(-c3ccn(CCN4CCOCC4)c(=O)c3)cc2[nH]1. The third-order valence-electron chi connectivity index (χ3n) is 16.2. The van der Waals surface area contributed by atoms with Crippen molar-refractivity contribution in [3.8, 4) is 50.4 Å². The second kappa shape index (κ2) is 31.3. The number of imidazole rings is 3. The van der Waals surface area contributed by atoms with Crippen molar-refractivity contribution in [2.45, 2.75) is 53.8 Å². The number of nitrogens with one attached hydrogen (secondary N) is 9. The molecule has 2 saturated heterocycles. The van der Waals surface area contributed by atoms with Crippen LogP contribution in [0.5, 0.6) is 0 Å². The van der Waals surface area contributed by atoms with E-state index in [2.05, 4.69) is 99.0 Å². The smallest absolute Gasteiger partial charge is 0.321 e. The zero-order chi connectivity index (χ0) is 67.9. The first kappa shape index (κ1) is 66.4. The number of fused-ring (bicyclic) bond motifs is 3.